The second-order valence-corrected chi connectivity index (χ2v) is 6.17. The lowest BCUT2D eigenvalue weighted by Crippen LogP contribution is -2.20. The quantitative estimate of drug-likeness (QED) is 0.741. The molecule has 3 heterocycles. The summed E-state index contributed by atoms with van der Waals surface area (Å²) in [5, 5.41) is 12.2. The minimum Gasteiger partial charge on any atom is -0.292 e. The smallest absolute Gasteiger partial charge is 0.292 e. The first-order valence-electron chi connectivity index (χ1n) is 6.75. The van der Waals surface area contributed by atoms with Gasteiger partial charge in [0.2, 0.25) is 0 Å². The van der Waals surface area contributed by atoms with Gasteiger partial charge in [-0.05, 0) is 35.6 Å². The van der Waals surface area contributed by atoms with Gasteiger partial charge in [0.1, 0.15) is 16.6 Å². The second-order valence-electron chi connectivity index (χ2n) is 4.53. The number of amides is 2. The van der Waals surface area contributed by atoms with Crippen molar-refractivity contribution in [2.75, 3.05) is 10.6 Å². The minimum atomic E-state index is -0.345. The second kappa shape index (κ2) is 6.67. The van der Waals surface area contributed by atoms with Gasteiger partial charge in [-0.1, -0.05) is 6.92 Å². The van der Waals surface area contributed by atoms with Gasteiger partial charge >= 0.3 is 6.03 Å². The number of urea groups is 1. The van der Waals surface area contributed by atoms with Crippen molar-refractivity contribution in [1.29, 1.82) is 0 Å². The summed E-state index contributed by atoms with van der Waals surface area (Å²) in [6.07, 6.45) is 2.58. The van der Waals surface area contributed by atoms with Crippen LogP contribution < -0.4 is 10.6 Å². The number of anilines is 2. The first-order chi connectivity index (χ1) is 10.7. The third-order valence-electron chi connectivity index (χ3n) is 2.99. The molecule has 22 heavy (non-hydrogen) atoms. The van der Waals surface area contributed by atoms with Crippen LogP contribution in [0.15, 0.2) is 40.5 Å². The molecule has 0 aliphatic carbocycles. The Hall–Kier alpha value is -2.25. The molecule has 3 aromatic heterocycles. The molecule has 0 bridgehead atoms. The van der Waals surface area contributed by atoms with E-state index in [1.807, 2.05) is 34.3 Å². The highest BCUT2D eigenvalue weighted by Crippen LogP contribution is 2.27. The average molecular weight is 330 g/mol. The van der Waals surface area contributed by atoms with Gasteiger partial charge in [0.05, 0.1) is 0 Å². The predicted octanol–water partition coefficient (Wildman–Crippen LogP) is 4.47. The minimum absolute atomic E-state index is 0.345. The van der Waals surface area contributed by atoms with Crippen LogP contribution in [0.4, 0.5) is 16.4 Å². The Labute approximate surface area is 136 Å². The number of carbonyl (C=O) groups excluding carboxylic acids is 1. The van der Waals surface area contributed by atoms with Crippen LogP contribution in [0.1, 0.15) is 12.5 Å². The Balaban J connectivity index is 1.64. The van der Waals surface area contributed by atoms with Crippen LogP contribution in [0, 0.1) is 0 Å². The van der Waals surface area contributed by atoms with E-state index in [9.17, 15) is 4.79 Å². The highest BCUT2D eigenvalue weighted by molar-refractivity contribution is 7.14. The maximum atomic E-state index is 12.0. The monoisotopic (exact) mass is 330 g/mol. The zero-order valence-electron chi connectivity index (χ0n) is 11.9. The van der Waals surface area contributed by atoms with Gasteiger partial charge in [-0.15, -0.1) is 11.3 Å². The third-order valence-corrected chi connectivity index (χ3v) is 4.56. The molecule has 112 valence electrons. The van der Waals surface area contributed by atoms with Crippen LogP contribution in [0.3, 0.4) is 0 Å². The van der Waals surface area contributed by atoms with E-state index in [0.717, 1.165) is 22.6 Å². The fourth-order valence-corrected chi connectivity index (χ4v) is 3.34. The summed E-state index contributed by atoms with van der Waals surface area (Å²) in [6, 6.07) is 5.45. The molecule has 3 aromatic rings. The van der Waals surface area contributed by atoms with E-state index < -0.39 is 0 Å². The van der Waals surface area contributed by atoms with E-state index in [1.165, 1.54) is 11.3 Å². The summed E-state index contributed by atoms with van der Waals surface area (Å²) in [5.41, 5.74) is 2.19. The summed E-state index contributed by atoms with van der Waals surface area (Å²) in [4.78, 5) is 20.5. The summed E-state index contributed by atoms with van der Waals surface area (Å²) in [6.45, 7) is 2.06. The summed E-state index contributed by atoms with van der Waals surface area (Å²) in [5.74, 6) is 1.07. The molecule has 0 atom stereocenters. The zero-order valence-corrected chi connectivity index (χ0v) is 13.5. The Kier molecular flexibility index (Phi) is 4.45. The molecule has 0 unspecified atom stereocenters. The largest absolute Gasteiger partial charge is 0.326 e. The fourth-order valence-electron chi connectivity index (χ4n) is 1.88. The summed E-state index contributed by atoms with van der Waals surface area (Å²) >= 11 is 3.12. The lowest BCUT2D eigenvalue weighted by molar-refractivity contribution is 0.262. The molecule has 0 aliphatic rings. The van der Waals surface area contributed by atoms with E-state index in [1.54, 1.807) is 17.5 Å². The molecule has 0 fully saturated rings. The lowest BCUT2D eigenvalue weighted by atomic mass is 10.2. The highest BCUT2D eigenvalue weighted by Gasteiger charge is 2.09. The Bertz CT molecular complexity index is 767. The molecule has 0 radical (unpaired) electrons. The molecular formula is C15H14N4OS2. The van der Waals surface area contributed by atoms with Crippen LogP contribution in [0.5, 0.6) is 0 Å². The normalized spacial score (nSPS) is 10.4. The molecule has 7 heteroatoms. The number of hydrogen-bond donors (Lipinski definition) is 2. The van der Waals surface area contributed by atoms with Crippen molar-refractivity contribution < 1.29 is 4.79 Å². The van der Waals surface area contributed by atoms with Crippen molar-refractivity contribution >= 4 is 40.3 Å². The van der Waals surface area contributed by atoms with E-state index in [2.05, 4.69) is 27.5 Å². The fraction of sp³-hybridized carbons (Fsp3) is 0.133. The SMILES string of the molecule is CCc1ccnc(NC(=O)Nc2csc(-c3ccsc3)n2)c1. The number of thiazole rings is 1. The van der Waals surface area contributed by atoms with Crippen molar-refractivity contribution in [1.82, 2.24) is 9.97 Å². The number of carbonyl (C=O) groups is 1. The van der Waals surface area contributed by atoms with Crippen LogP contribution in [-0.2, 0) is 6.42 Å². The van der Waals surface area contributed by atoms with Gasteiger partial charge in [0.25, 0.3) is 0 Å². The van der Waals surface area contributed by atoms with Crippen LogP contribution in [-0.4, -0.2) is 16.0 Å². The molecule has 5 nitrogen and oxygen atoms in total. The van der Waals surface area contributed by atoms with Gasteiger partial charge < -0.3 is 0 Å². The van der Waals surface area contributed by atoms with Crippen molar-refractivity contribution in [2.45, 2.75) is 13.3 Å². The van der Waals surface area contributed by atoms with E-state index >= 15 is 0 Å². The topological polar surface area (TPSA) is 66.9 Å². The van der Waals surface area contributed by atoms with Gasteiger partial charge in [-0.2, -0.15) is 11.3 Å². The first-order valence-corrected chi connectivity index (χ1v) is 8.58. The average Bonchev–Trinajstić information content (AvgIpc) is 3.18. The molecule has 0 saturated heterocycles. The summed E-state index contributed by atoms with van der Waals surface area (Å²) < 4.78 is 0. The predicted molar refractivity (Wildman–Crippen MR) is 91.7 cm³/mol. The number of rotatable bonds is 4. The molecular weight excluding hydrogens is 316 g/mol. The molecule has 0 spiro atoms. The van der Waals surface area contributed by atoms with E-state index in [0.29, 0.717) is 11.6 Å². The maximum Gasteiger partial charge on any atom is 0.326 e. The Morgan fingerprint density at radius 1 is 1.23 bits per heavy atom. The summed E-state index contributed by atoms with van der Waals surface area (Å²) in [7, 11) is 0. The van der Waals surface area contributed by atoms with Crippen molar-refractivity contribution in [3.8, 4) is 10.6 Å². The van der Waals surface area contributed by atoms with Crippen LogP contribution in [0.2, 0.25) is 0 Å². The molecule has 0 aromatic carbocycles. The highest BCUT2D eigenvalue weighted by atomic mass is 32.1. The third kappa shape index (κ3) is 3.49. The van der Waals surface area contributed by atoms with Gasteiger partial charge in [-0.3, -0.25) is 10.6 Å². The standard InChI is InChI=1S/C15H14N4OS2/c1-2-10-3-5-16-12(7-10)18-15(20)19-13-9-22-14(17-13)11-4-6-21-8-11/h3-9H,2H2,1H3,(H2,16,18,19,20). The maximum absolute atomic E-state index is 12.0. The number of thiophene rings is 1. The number of nitrogens with zero attached hydrogens (tertiary/aromatic N) is 2. The molecule has 2 N–H and O–H groups in total. The number of pyridine rings is 1. The van der Waals surface area contributed by atoms with Crippen molar-refractivity contribution in [3.05, 3.63) is 46.1 Å². The first kappa shape index (κ1) is 14.7. The van der Waals surface area contributed by atoms with Crippen LogP contribution >= 0.6 is 22.7 Å². The number of nitrogens with one attached hydrogen (secondary N) is 2. The zero-order chi connectivity index (χ0) is 15.4. The molecule has 3 rings (SSSR count). The van der Waals surface area contributed by atoms with Crippen molar-refractivity contribution in [3.63, 3.8) is 0 Å². The van der Waals surface area contributed by atoms with E-state index in [-0.39, 0.29) is 6.03 Å². The molecule has 2 amide bonds. The number of hydrogen-bond acceptors (Lipinski definition) is 5. The van der Waals surface area contributed by atoms with E-state index in [4.69, 9.17) is 0 Å². The van der Waals surface area contributed by atoms with Crippen LogP contribution in [0.25, 0.3) is 10.6 Å². The lowest BCUT2D eigenvalue weighted by Gasteiger charge is -2.05. The molecule has 0 aliphatic heterocycles. The van der Waals surface area contributed by atoms with Crippen molar-refractivity contribution in [2.24, 2.45) is 0 Å². The Morgan fingerprint density at radius 2 is 2.09 bits per heavy atom. The Morgan fingerprint density at radius 3 is 2.86 bits per heavy atom. The molecule has 0 saturated carbocycles. The van der Waals surface area contributed by atoms with Gasteiger partial charge in [0, 0.05) is 22.5 Å². The number of aryl methyl sites for hydroxylation is 1. The van der Waals surface area contributed by atoms with Gasteiger partial charge in [-0.25, -0.2) is 14.8 Å². The van der Waals surface area contributed by atoms with Gasteiger partial charge in [0.15, 0.2) is 0 Å². The number of aromatic nitrogens is 2.